The molecule has 178 valence electrons. The maximum Gasteiger partial charge on any atom is 0.277 e. The number of hydrogen-bond donors (Lipinski definition) is 2. The molecule has 2 N–H and O–H groups in total. The van der Waals surface area contributed by atoms with E-state index in [0.29, 0.717) is 28.5 Å². The van der Waals surface area contributed by atoms with Crippen molar-refractivity contribution in [3.8, 4) is 11.4 Å². The first kappa shape index (κ1) is 22.7. The molecule has 0 saturated carbocycles. The standard InChI is InChI=1S/C27H28N6O2/c1-27(2,17-34)19-12-14-33(15-13-19)21-10-8-20(9-11-21)29-25-23-22(16-28-32-26(23)35)30-24(31-25)18-6-4-3-5-7-18/h3-11,16-17,19H,12-15H2,1-2H3,(H,32,35)(H,29,30,31). The highest BCUT2D eigenvalue weighted by molar-refractivity contribution is 5.91. The van der Waals surface area contributed by atoms with E-state index >= 15 is 0 Å². The molecule has 0 spiro atoms. The predicted molar refractivity (Wildman–Crippen MR) is 138 cm³/mol. The van der Waals surface area contributed by atoms with E-state index in [1.807, 2.05) is 56.3 Å². The zero-order valence-electron chi connectivity index (χ0n) is 19.9. The molecule has 8 heteroatoms. The van der Waals surface area contributed by atoms with E-state index in [9.17, 15) is 9.59 Å². The normalized spacial score (nSPS) is 14.7. The Morgan fingerprint density at radius 2 is 1.74 bits per heavy atom. The maximum absolute atomic E-state index is 12.6. The third-order valence-corrected chi connectivity index (χ3v) is 6.90. The van der Waals surface area contributed by atoms with Crippen LogP contribution in [0.1, 0.15) is 26.7 Å². The summed E-state index contributed by atoms with van der Waals surface area (Å²) in [6.07, 6.45) is 4.62. The summed E-state index contributed by atoms with van der Waals surface area (Å²) in [5.41, 5.74) is 2.67. The van der Waals surface area contributed by atoms with Crippen LogP contribution < -0.4 is 15.8 Å². The van der Waals surface area contributed by atoms with Gasteiger partial charge >= 0.3 is 0 Å². The van der Waals surface area contributed by atoms with E-state index < -0.39 is 0 Å². The molecule has 2 aromatic heterocycles. The molecular formula is C27H28N6O2. The fourth-order valence-electron chi connectivity index (χ4n) is 4.68. The van der Waals surface area contributed by atoms with Crippen molar-refractivity contribution in [3.05, 3.63) is 71.1 Å². The number of anilines is 3. The summed E-state index contributed by atoms with van der Waals surface area (Å²) in [4.78, 5) is 35.5. The van der Waals surface area contributed by atoms with Crippen molar-refractivity contribution in [1.82, 2.24) is 20.2 Å². The Kier molecular flexibility index (Phi) is 6.03. The van der Waals surface area contributed by atoms with Crippen molar-refractivity contribution in [2.24, 2.45) is 11.3 Å². The summed E-state index contributed by atoms with van der Waals surface area (Å²) in [6.45, 7) is 5.91. The number of rotatable bonds is 6. The lowest BCUT2D eigenvalue weighted by Gasteiger charge is -2.39. The van der Waals surface area contributed by atoms with Crippen molar-refractivity contribution < 1.29 is 4.79 Å². The molecule has 2 aromatic carbocycles. The van der Waals surface area contributed by atoms with Crippen molar-refractivity contribution in [2.45, 2.75) is 26.7 Å². The molecule has 35 heavy (non-hydrogen) atoms. The van der Waals surface area contributed by atoms with Crippen molar-refractivity contribution in [2.75, 3.05) is 23.3 Å². The van der Waals surface area contributed by atoms with Gasteiger partial charge in [0.15, 0.2) is 5.82 Å². The lowest BCUT2D eigenvalue weighted by Crippen LogP contribution is -2.39. The topological polar surface area (TPSA) is 104 Å². The van der Waals surface area contributed by atoms with Crippen LogP contribution in [0.4, 0.5) is 17.2 Å². The monoisotopic (exact) mass is 468 g/mol. The molecule has 0 radical (unpaired) electrons. The third-order valence-electron chi connectivity index (χ3n) is 6.90. The van der Waals surface area contributed by atoms with E-state index in [1.165, 1.54) is 6.20 Å². The van der Waals surface area contributed by atoms with Crippen LogP contribution in [0.5, 0.6) is 0 Å². The third kappa shape index (κ3) is 4.64. The number of aromatic amines is 1. The summed E-state index contributed by atoms with van der Waals surface area (Å²) in [7, 11) is 0. The van der Waals surface area contributed by atoms with Gasteiger partial charge in [-0.25, -0.2) is 15.1 Å². The van der Waals surface area contributed by atoms with Gasteiger partial charge in [0.05, 0.1) is 6.20 Å². The average molecular weight is 469 g/mol. The number of H-pyrrole nitrogens is 1. The van der Waals surface area contributed by atoms with E-state index in [-0.39, 0.29) is 11.0 Å². The lowest BCUT2D eigenvalue weighted by atomic mass is 9.75. The second-order valence-electron chi connectivity index (χ2n) is 9.59. The van der Waals surface area contributed by atoms with Crippen molar-refractivity contribution >= 4 is 34.4 Å². The fraction of sp³-hybridized carbons (Fsp3) is 0.296. The molecule has 5 rings (SSSR count). The van der Waals surface area contributed by atoms with E-state index in [1.54, 1.807) is 0 Å². The van der Waals surface area contributed by atoms with Gasteiger partial charge in [-0.05, 0) is 43.0 Å². The summed E-state index contributed by atoms with van der Waals surface area (Å²) >= 11 is 0. The average Bonchev–Trinajstić information content (AvgIpc) is 2.89. The molecule has 4 aromatic rings. The lowest BCUT2D eigenvalue weighted by molar-refractivity contribution is -0.117. The molecule has 1 aliphatic rings. The molecule has 8 nitrogen and oxygen atoms in total. The Morgan fingerprint density at radius 1 is 1.03 bits per heavy atom. The first-order valence-electron chi connectivity index (χ1n) is 11.8. The van der Waals surface area contributed by atoms with E-state index in [2.05, 4.69) is 42.5 Å². The molecule has 3 heterocycles. The Morgan fingerprint density at radius 3 is 2.43 bits per heavy atom. The van der Waals surface area contributed by atoms with Gasteiger partial charge in [0, 0.05) is 35.4 Å². The highest BCUT2D eigenvalue weighted by Crippen LogP contribution is 2.35. The van der Waals surface area contributed by atoms with Crippen LogP contribution in [-0.4, -0.2) is 39.5 Å². The molecule has 0 bridgehead atoms. The Bertz CT molecular complexity index is 1390. The number of piperidine rings is 1. The summed E-state index contributed by atoms with van der Waals surface area (Å²) in [5, 5.41) is 10.1. The van der Waals surface area contributed by atoms with Gasteiger partial charge in [0.2, 0.25) is 0 Å². The smallest absolute Gasteiger partial charge is 0.277 e. The van der Waals surface area contributed by atoms with Crippen LogP contribution in [-0.2, 0) is 4.79 Å². The van der Waals surface area contributed by atoms with Gasteiger partial charge in [0.1, 0.15) is 23.0 Å². The minimum Gasteiger partial charge on any atom is -0.372 e. The number of nitrogens with one attached hydrogen (secondary N) is 2. The number of nitrogens with zero attached hydrogens (tertiary/aromatic N) is 4. The number of aromatic nitrogens is 4. The van der Waals surface area contributed by atoms with Gasteiger partial charge < -0.3 is 15.0 Å². The SMILES string of the molecule is CC(C)(C=O)C1CCN(c2ccc(Nc3nc(-c4ccccc4)nc4cn[nH]c(=O)c34)cc2)CC1. The maximum atomic E-state index is 12.6. The second kappa shape index (κ2) is 9.29. The molecule has 1 fully saturated rings. The predicted octanol–water partition coefficient (Wildman–Crippen LogP) is 4.57. The van der Waals surface area contributed by atoms with Crippen LogP contribution in [0.25, 0.3) is 22.3 Å². The zero-order chi connectivity index (χ0) is 24.4. The molecule has 1 aliphatic heterocycles. The first-order valence-corrected chi connectivity index (χ1v) is 11.8. The fourth-order valence-corrected chi connectivity index (χ4v) is 4.68. The highest BCUT2D eigenvalue weighted by atomic mass is 16.1. The van der Waals surface area contributed by atoms with Gasteiger partial charge in [-0.2, -0.15) is 5.10 Å². The van der Waals surface area contributed by atoms with Gasteiger partial charge in [-0.15, -0.1) is 0 Å². The minimum atomic E-state index is -0.345. The second-order valence-corrected chi connectivity index (χ2v) is 9.59. The Balaban J connectivity index is 1.39. The Labute approximate surface area is 203 Å². The number of fused-ring (bicyclic) bond motifs is 1. The number of carbonyl (C=O) groups excluding carboxylic acids is 1. The number of benzene rings is 2. The van der Waals surface area contributed by atoms with Crippen LogP contribution in [0.15, 0.2) is 65.6 Å². The molecular weight excluding hydrogens is 440 g/mol. The number of aldehydes is 1. The van der Waals surface area contributed by atoms with Crippen LogP contribution in [0.3, 0.4) is 0 Å². The summed E-state index contributed by atoms with van der Waals surface area (Å²) in [6, 6.07) is 17.8. The number of hydrogen-bond acceptors (Lipinski definition) is 7. The number of carbonyl (C=O) groups is 1. The van der Waals surface area contributed by atoms with Crippen LogP contribution in [0.2, 0.25) is 0 Å². The van der Waals surface area contributed by atoms with E-state index in [0.717, 1.165) is 49.2 Å². The minimum absolute atomic E-state index is 0.272. The molecule has 0 atom stereocenters. The van der Waals surface area contributed by atoms with Crippen molar-refractivity contribution in [1.29, 1.82) is 0 Å². The highest BCUT2D eigenvalue weighted by Gasteiger charge is 2.32. The molecule has 1 saturated heterocycles. The molecule has 0 aliphatic carbocycles. The Hall–Kier alpha value is -4.07. The van der Waals surface area contributed by atoms with E-state index in [4.69, 9.17) is 0 Å². The van der Waals surface area contributed by atoms with Gasteiger partial charge in [-0.1, -0.05) is 44.2 Å². The van der Waals surface area contributed by atoms with Crippen LogP contribution in [0, 0.1) is 11.3 Å². The molecule has 0 unspecified atom stereocenters. The largest absolute Gasteiger partial charge is 0.372 e. The van der Waals surface area contributed by atoms with Crippen LogP contribution >= 0.6 is 0 Å². The summed E-state index contributed by atoms with van der Waals surface area (Å²) in [5.74, 6) is 1.36. The van der Waals surface area contributed by atoms with Crippen molar-refractivity contribution in [3.63, 3.8) is 0 Å². The first-order chi connectivity index (χ1) is 16.9. The van der Waals surface area contributed by atoms with Gasteiger partial charge in [-0.3, -0.25) is 4.79 Å². The van der Waals surface area contributed by atoms with Gasteiger partial charge in [0.25, 0.3) is 5.56 Å². The zero-order valence-corrected chi connectivity index (χ0v) is 19.9. The quantitative estimate of drug-likeness (QED) is 0.400. The summed E-state index contributed by atoms with van der Waals surface area (Å²) < 4.78 is 0. The molecule has 0 amide bonds.